The lowest BCUT2D eigenvalue weighted by Crippen LogP contribution is -1.95. The molecule has 0 spiro atoms. The van der Waals surface area contributed by atoms with E-state index in [4.69, 9.17) is 5.73 Å². The molecule has 88 valence electrons. The third-order valence-electron chi connectivity index (χ3n) is 2.11. The number of hydrogen-bond acceptors (Lipinski definition) is 5. The molecule has 0 fully saturated rings. The van der Waals surface area contributed by atoms with Crippen molar-refractivity contribution in [2.24, 2.45) is 0 Å². The number of rotatable bonds is 4. The van der Waals surface area contributed by atoms with Gasteiger partial charge in [0.2, 0.25) is 0 Å². The van der Waals surface area contributed by atoms with E-state index in [0.29, 0.717) is 5.82 Å². The van der Waals surface area contributed by atoms with E-state index in [0.717, 1.165) is 15.9 Å². The highest BCUT2D eigenvalue weighted by atomic mass is 32.2. The van der Waals surface area contributed by atoms with Crippen molar-refractivity contribution in [2.75, 3.05) is 12.0 Å². The zero-order chi connectivity index (χ0) is 12.1. The second-order valence-corrected chi connectivity index (χ2v) is 5.16. The van der Waals surface area contributed by atoms with Gasteiger partial charge in [0.25, 0.3) is 0 Å². The molecule has 5 heteroatoms. The average molecular weight is 263 g/mol. The molecular weight excluding hydrogens is 250 g/mol. The molecule has 0 amide bonds. The van der Waals surface area contributed by atoms with Crippen molar-refractivity contribution in [3.05, 3.63) is 42.0 Å². The van der Waals surface area contributed by atoms with E-state index in [1.54, 1.807) is 11.8 Å². The minimum Gasteiger partial charge on any atom is -0.384 e. The Bertz CT molecular complexity index is 488. The molecule has 17 heavy (non-hydrogen) atoms. The van der Waals surface area contributed by atoms with Crippen LogP contribution < -0.4 is 5.73 Å². The minimum atomic E-state index is 0.528. The molecule has 0 radical (unpaired) electrons. The molecular formula is C12H13N3S2. The summed E-state index contributed by atoms with van der Waals surface area (Å²) in [6.45, 7) is 0. The van der Waals surface area contributed by atoms with Gasteiger partial charge in [-0.1, -0.05) is 42.1 Å². The van der Waals surface area contributed by atoms with Crippen LogP contribution in [0.25, 0.3) is 0 Å². The molecule has 0 aliphatic rings. The predicted molar refractivity (Wildman–Crippen MR) is 74.2 cm³/mol. The zero-order valence-electron chi connectivity index (χ0n) is 9.46. The molecule has 3 nitrogen and oxygen atoms in total. The molecule has 0 saturated heterocycles. The third kappa shape index (κ3) is 3.64. The number of nitrogen functional groups attached to an aromatic ring is 1. The minimum absolute atomic E-state index is 0.528. The summed E-state index contributed by atoms with van der Waals surface area (Å²) in [5.41, 5.74) is 7.00. The van der Waals surface area contributed by atoms with Crippen LogP contribution in [-0.2, 0) is 5.75 Å². The Morgan fingerprint density at radius 1 is 1.18 bits per heavy atom. The third-order valence-corrected chi connectivity index (χ3v) is 3.64. The van der Waals surface area contributed by atoms with Gasteiger partial charge in [-0.2, -0.15) is 0 Å². The van der Waals surface area contributed by atoms with Gasteiger partial charge in [-0.05, 0) is 11.8 Å². The predicted octanol–water partition coefficient (Wildman–Crippen LogP) is 3.07. The summed E-state index contributed by atoms with van der Waals surface area (Å²) in [4.78, 5) is 8.53. The lowest BCUT2D eigenvalue weighted by molar-refractivity contribution is 0.902. The van der Waals surface area contributed by atoms with Gasteiger partial charge in [0, 0.05) is 11.8 Å². The van der Waals surface area contributed by atoms with E-state index in [-0.39, 0.29) is 0 Å². The molecule has 2 aromatic rings. The summed E-state index contributed by atoms with van der Waals surface area (Å²) in [5, 5.41) is 1.64. The molecule has 0 atom stereocenters. The second kappa shape index (κ2) is 5.93. The Morgan fingerprint density at radius 2 is 1.94 bits per heavy atom. The van der Waals surface area contributed by atoms with Gasteiger partial charge < -0.3 is 5.73 Å². The fourth-order valence-electron chi connectivity index (χ4n) is 1.32. The molecule has 0 saturated carbocycles. The highest BCUT2D eigenvalue weighted by Gasteiger charge is 2.02. The van der Waals surface area contributed by atoms with E-state index in [1.807, 2.05) is 30.5 Å². The summed E-state index contributed by atoms with van der Waals surface area (Å²) in [6.07, 6.45) is 1.94. The Kier molecular flexibility index (Phi) is 4.28. The molecule has 1 aromatic heterocycles. The number of thioether (sulfide) groups is 2. The Hall–Kier alpha value is -1.20. The van der Waals surface area contributed by atoms with Crippen LogP contribution in [0, 0.1) is 0 Å². The number of hydrogen-bond donors (Lipinski definition) is 1. The van der Waals surface area contributed by atoms with Gasteiger partial charge in [-0.3, -0.25) is 0 Å². The van der Waals surface area contributed by atoms with Gasteiger partial charge in [0.1, 0.15) is 10.8 Å². The molecule has 0 bridgehead atoms. The lowest BCUT2D eigenvalue weighted by Gasteiger charge is -2.04. The smallest absolute Gasteiger partial charge is 0.190 e. The van der Waals surface area contributed by atoms with Crippen LogP contribution in [0.3, 0.4) is 0 Å². The molecule has 0 unspecified atom stereocenters. The number of anilines is 1. The first-order chi connectivity index (χ1) is 8.28. The van der Waals surface area contributed by atoms with Gasteiger partial charge >= 0.3 is 0 Å². The first-order valence-corrected chi connectivity index (χ1v) is 7.34. The summed E-state index contributed by atoms with van der Waals surface area (Å²) >= 11 is 3.18. The molecule has 1 aromatic carbocycles. The summed E-state index contributed by atoms with van der Waals surface area (Å²) in [7, 11) is 0. The average Bonchev–Trinajstić information content (AvgIpc) is 2.37. The van der Waals surface area contributed by atoms with Gasteiger partial charge in [-0.15, -0.1) is 11.8 Å². The topological polar surface area (TPSA) is 51.8 Å². The van der Waals surface area contributed by atoms with Crippen molar-refractivity contribution in [2.45, 2.75) is 15.9 Å². The van der Waals surface area contributed by atoms with Crippen molar-refractivity contribution >= 4 is 29.3 Å². The standard InChI is InChI=1S/C12H13N3S2/c1-16-12-14-10(13)7-11(15-12)17-8-9-5-3-2-4-6-9/h2-7H,8H2,1H3,(H2,13,14,15). The molecule has 1 heterocycles. The SMILES string of the molecule is CSc1nc(N)cc(SCc2ccccc2)n1. The highest BCUT2D eigenvalue weighted by molar-refractivity contribution is 7.99. The quantitative estimate of drug-likeness (QED) is 0.522. The van der Waals surface area contributed by atoms with Crippen LogP contribution in [0.2, 0.25) is 0 Å². The van der Waals surface area contributed by atoms with Crippen LogP contribution in [0.4, 0.5) is 5.82 Å². The van der Waals surface area contributed by atoms with Gasteiger partial charge in [-0.25, -0.2) is 9.97 Å². The van der Waals surface area contributed by atoms with Crippen molar-refractivity contribution in [3.63, 3.8) is 0 Å². The first-order valence-electron chi connectivity index (χ1n) is 5.13. The Balaban J connectivity index is 2.06. The summed E-state index contributed by atoms with van der Waals surface area (Å²) in [6, 6.07) is 12.1. The van der Waals surface area contributed by atoms with E-state index in [9.17, 15) is 0 Å². The van der Waals surface area contributed by atoms with E-state index < -0.39 is 0 Å². The number of aromatic nitrogens is 2. The van der Waals surface area contributed by atoms with E-state index in [1.165, 1.54) is 17.3 Å². The number of nitrogens with zero attached hydrogens (tertiary/aromatic N) is 2. The van der Waals surface area contributed by atoms with E-state index >= 15 is 0 Å². The van der Waals surface area contributed by atoms with E-state index in [2.05, 4.69) is 22.1 Å². The highest BCUT2D eigenvalue weighted by Crippen LogP contribution is 2.23. The molecule has 2 N–H and O–H groups in total. The number of benzene rings is 1. The van der Waals surface area contributed by atoms with Crippen molar-refractivity contribution < 1.29 is 0 Å². The van der Waals surface area contributed by atoms with Crippen molar-refractivity contribution in [3.8, 4) is 0 Å². The normalized spacial score (nSPS) is 10.4. The summed E-state index contributed by atoms with van der Waals surface area (Å²) in [5.74, 6) is 1.42. The van der Waals surface area contributed by atoms with Crippen LogP contribution in [0.1, 0.15) is 5.56 Å². The monoisotopic (exact) mass is 263 g/mol. The lowest BCUT2D eigenvalue weighted by atomic mass is 10.2. The number of nitrogens with two attached hydrogens (primary N) is 1. The molecule has 2 rings (SSSR count). The maximum atomic E-state index is 5.73. The van der Waals surface area contributed by atoms with Gasteiger partial charge in [0.15, 0.2) is 5.16 Å². The van der Waals surface area contributed by atoms with Crippen LogP contribution in [0.15, 0.2) is 46.6 Å². The molecule has 0 aliphatic carbocycles. The molecule has 0 aliphatic heterocycles. The fraction of sp³-hybridized carbons (Fsp3) is 0.167. The first kappa shape index (κ1) is 12.3. The zero-order valence-corrected chi connectivity index (χ0v) is 11.1. The maximum Gasteiger partial charge on any atom is 0.190 e. The fourth-order valence-corrected chi connectivity index (χ4v) is 2.62. The van der Waals surface area contributed by atoms with Crippen LogP contribution in [0.5, 0.6) is 0 Å². The largest absolute Gasteiger partial charge is 0.384 e. The Labute approximate surface area is 109 Å². The maximum absolute atomic E-state index is 5.73. The second-order valence-electron chi connectivity index (χ2n) is 3.39. The van der Waals surface area contributed by atoms with Crippen LogP contribution in [-0.4, -0.2) is 16.2 Å². The van der Waals surface area contributed by atoms with Crippen molar-refractivity contribution in [1.82, 2.24) is 9.97 Å². The van der Waals surface area contributed by atoms with Crippen molar-refractivity contribution in [1.29, 1.82) is 0 Å². The van der Waals surface area contributed by atoms with Gasteiger partial charge in [0.05, 0.1) is 0 Å². The Morgan fingerprint density at radius 3 is 2.65 bits per heavy atom. The summed E-state index contributed by atoms with van der Waals surface area (Å²) < 4.78 is 0. The van der Waals surface area contributed by atoms with Crippen LogP contribution >= 0.6 is 23.5 Å².